The summed E-state index contributed by atoms with van der Waals surface area (Å²) in [5.74, 6) is -3.68. The number of nitrogens with zero attached hydrogens (tertiary/aromatic N) is 2. The second-order valence-corrected chi connectivity index (χ2v) is 7.21. The molecular formula is C16H17ClF3N3O2S. The molecule has 0 aliphatic carbocycles. The highest BCUT2D eigenvalue weighted by atomic mass is 35.5. The molecule has 1 aliphatic rings. The third-order valence-electron chi connectivity index (χ3n) is 3.85. The van der Waals surface area contributed by atoms with Crippen LogP contribution in [-0.4, -0.2) is 28.6 Å². The number of nitrogens with one attached hydrogen (secondary N) is 1. The highest BCUT2D eigenvalue weighted by Gasteiger charge is 2.43. The molecule has 0 amide bonds. The van der Waals surface area contributed by atoms with Gasteiger partial charge in [-0.2, -0.15) is 8.42 Å². The lowest BCUT2D eigenvalue weighted by atomic mass is 10.2. The van der Waals surface area contributed by atoms with Crippen molar-refractivity contribution in [3.63, 3.8) is 0 Å². The Balaban J connectivity index is 0.00000243. The van der Waals surface area contributed by atoms with Crippen LogP contribution in [0.25, 0.3) is 0 Å². The second kappa shape index (κ2) is 7.73. The zero-order chi connectivity index (χ0) is 18.2. The maximum Gasteiger partial charge on any atom is 0.331 e. The van der Waals surface area contributed by atoms with Crippen molar-refractivity contribution in [1.29, 1.82) is 0 Å². The Labute approximate surface area is 156 Å². The van der Waals surface area contributed by atoms with Crippen LogP contribution in [0.1, 0.15) is 6.42 Å². The number of fused-ring (bicyclic) bond motifs is 1. The normalized spacial score (nSPS) is 14.9. The quantitative estimate of drug-likeness (QED) is 0.773. The van der Waals surface area contributed by atoms with Gasteiger partial charge in [0.15, 0.2) is 11.6 Å². The Morgan fingerprint density at radius 2 is 1.62 bits per heavy atom. The van der Waals surface area contributed by atoms with Gasteiger partial charge in [0.05, 0.1) is 11.4 Å². The van der Waals surface area contributed by atoms with Crippen molar-refractivity contribution in [2.45, 2.75) is 6.42 Å². The lowest BCUT2D eigenvalue weighted by Gasteiger charge is -2.22. The minimum Gasteiger partial charge on any atom is -0.320 e. The molecule has 1 heterocycles. The van der Waals surface area contributed by atoms with Crippen LogP contribution in [-0.2, 0) is 10.2 Å². The highest BCUT2D eigenvalue weighted by Crippen LogP contribution is 2.46. The van der Waals surface area contributed by atoms with Gasteiger partial charge >= 0.3 is 10.2 Å². The van der Waals surface area contributed by atoms with Crippen LogP contribution in [0, 0.1) is 17.5 Å². The van der Waals surface area contributed by atoms with Gasteiger partial charge in [-0.15, -0.1) is 12.4 Å². The van der Waals surface area contributed by atoms with E-state index in [0.29, 0.717) is 35.1 Å². The fourth-order valence-corrected chi connectivity index (χ4v) is 4.56. The van der Waals surface area contributed by atoms with Crippen molar-refractivity contribution < 1.29 is 21.6 Å². The number of benzene rings is 2. The number of anilines is 3. The first-order valence-electron chi connectivity index (χ1n) is 7.59. The standard InChI is InChI=1S/C16H16F3N3O2S.ClH/c1-20-7-4-8-21-14-5-2-3-6-15(14)22(25(21,23)24)16-12(18)9-11(17)10-13(16)19;/h2-3,5-6,9-10,20H,4,7-8H2,1H3;1H. The molecule has 0 spiro atoms. The number of rotatable bonds is 5. The van der Waals surface area contributed by atoms with Crippen LogP contribution in [0.15, 0.2) is 36.4 Å². The maximum absolute atomic E-state index is 14.2. The predicted molar refractivity (Wildman–Crippen MR) is 97.0 cm³/mol. The van der Waals surface area contributed by atoms with Gasteiger partial charge in [0.25, 0.3) is 0 Å². The van der Waals surface area contributed by atoms with Crippen LogP contribution in [0.3, 0.4) is 0 Å². The van der Waals surface area contributed by atoms with Gasteiger partial charge in [0.1, 0.15) is 11.5 Å². The molecule has 1 N–H and O–H groups in total. The van der Waals surface area contributed by atoms with E-state index < -0.39 is 33.3 Å². The van der Waals surface area contributed by atoms with Gasteiger partial charge < -0.3 is 5.32 Å². The van der Waals surface area contributed by atoms with Crippen LogP contribution < -0.4 is 13.9 Å². The van der Waals surface area contributed by atoms with Crippen LogP contribution in [0.2, 0.25) is 0 Å². The molecule has 5 nitrogen and oxygen atoms in total. The minimum absolute atomic E-state index is 0. The summed E-state index contributed by atoms with van der Waals surface area (Å²) in [6, 6.07) is 7.14. The number of halogens is 4. The van der Waals surface area contributed by atoms with E-state index in [4.69, 9.17) is 0 Å². The summed E-state index contributed by atoms with van der Waals surface area (Å²) in [6.07, 6.45) is 0.506. The summed E-state index contributed by atoms with van der Waals surface area (Å²) in [7, 11) is -2.50. The lowest BCUT2D eigenvalue weighted by molar-refractivity contribution is 0.543. The molecular weight excluding hydrogens is 391 g/mol. The molecule has 0 atom stereocenters. The van der Waals surface area contributed by atoms with E-state index >= 15 is 0 Å². The summed E-state index contributed by atoms with van der Waals surface area (Å²) >= 11 is 0. The number of para-hydroxylation sites is 2. The average Bonchev–Trinajstić information content (AvgIpc) is 2.75. The van der Waals surface area contributed by atoms with Gasteiger partial charge in [-0.25, -0.2) is 17.5 Å². The lowest BCUT2D eigenvalue weighted by Crippen LogP contribution is -2.37. The van der Waals surface area contributed by atoms with Crippen molar-refractivity contribution in [2.24, 2.45) is 0 Å². The van der Waals surface area contributed by atoms with E-state index in [0.717, 1.165) is 4.31 Å². The molecule has 0 fully saturated rings. The Hall–Kier alpha value is -1.97. The molecule has 1 aliphatic heterocycles. The zero-order valence-corrected chi connectivity index (χ0v) is 15.4. The minimum atomic E-state index is -4.24. The summed E-state index contributed by atoms with van der Waals surface area (Å²) in [6.45, 7) is 0.717. The molecule has 0 bridgehead atoms. The molecule has 2 aromatic rings. The van der Waals surface area contributed by atoms with Crippen LogP contribution in [0.4, 0.5) is 30.2 Å². The van der Waals surface area contributed by atoms with Gasteiger partial charge in [-0.05, 0) is 32.1 Å². The molecule has 0 aromatic heterocycles. The van der Waals surface area contributed by atoms with Gasteiger partial charge in [0.2, 0.25) is 0 Å². The topological polar surface area (TPSA) is 52.6 Å². The fourth-order valence-electron chi connectivity index (χ4n) is 2.79. The number of hydrogen-bond acceptors (Lipinski definition) is 3. The molecule has 0 unspecified atom stereocenters. The molecule has 3 rings (SSSR count). The van der Waals surface area contributed by atoms with Crippen LogP contribution in [0.5, 0.6) is 0 Å². The molecule has 2 aromatic carbocycles. The first-order chi connectivity index (χ1) is 11.9. The van der Waals surface area contributed by atoms with E-state index in [2.05, 4.69) is 5.32 Å². The van der Waals surface area contributed by atoms with Crippen molar-refractivity contribution in [2.75, 3.05) is 28.7 Å². The van der Waals surface area contributed by atoms with Crippen LogP contribution >= 0.6 is 12.4 Å². The molecule has 142 valence electrons. The molecule has 26 heavy (non-hydrogen) atoms. The van der Waals surface area contributed by atoms with Gasteiger partial charge in [-0.3, -0.25) is 4.31 Å². The predicted octanol–water partition coefficient (Wildman–Crippen LogP) is 3.34. The smallest absolute Gasteiger partial charge is 0.320 e. The van der Waals surface area contributed by atoms with E-state index in [1.54, 1.807) is 25.2 Å². The van der Waals surface area contributed by atoms with E-state index in [9.17, 15) is 21.6 Å². The SMILES string of the molecule is CNCCCN1c2ccccc2N(c2c(F)cc(F)cc2F)S1(=O)=O.Cl. The maximum atomic E-state index is 14.2. The van der Waals surface area contributed by atoms with E-state index in [1.165, 1.54) is 6.07 Å². The number of hydrogen-bond donors (Lipinski definition) is 1. The van der Waals surface area contributed by atoms with Crippen molar-refractivity contribution in [1.82, 2.24) is 5.32 Å². The summed E-state index contributed by atoms with van der Waals surface area (Å²) < 4.78 is 69.2. The monoisotopic (exact) mass is 407 g/mol. The van der Waals surface area contributed by atoms with Crippen molar-refractivity contribution in [3.8, 4) is 0 Å². The fraction of sp³-hybridized carbons (Fsp3) is 0.250. The average molecular weight is 408 g/mol. The first kappa shape index (κ1) is 20.3. The third-order valence-corrected chi connectivity index (χ3v) is 5.63. The second-order valence-electron chi connectivity index (χ2n) is 5.51. The summed E-state index contributed by atoms with van der Waals surface area (Å²) in [5, 5.41) is 2.91. The highest BCUT2D eigenvalue weighted by molar-refractivity contribution is 7.95. The largest absolute Gasteiger partial charge is 0.331 e. The first-order valence-corrected chi connectivity index (χ1v) is 8.99. The molecule has 0 saturated carbocycles. The third kappa shape index (κ3) is 3.34. The van der Waals surface area contributed by atoms with Gasteiger partial charge in [0, 0.05) is 18.7 Å². The Morgan fingerprint density at radius 1 is 1.04 bits per heavy atom. The molecule has 0 saturated heterocycles. The molecule has 10 heteroatoms. The van der Waals surface area contributed by atoms with Crippen molar-refractivity contribution >= 4 is 39.7 Å². The summed E-state index contributed by atoms with van der Waals surface area (Å²) in [5.41, 5.74) is -0.372. The Morgan fingerprint density at radius 3 is 2.19 bits per heavy atom. The summed E-state index contributed by atoms with van der Waals surface area (Å²) in [4.78, 5) is 0. The van der Waals surface area contributed by atoms with E-state index in [-0.39, 0.29) is 24.6 Å². The Kier molecular flexibility index (Phi) is 6.05. The zero-order valence-electron chi connectivity index (χ0n) is 13.7. The van der Waals surface area contributed by atoms with Crippen molar-refractivity contribution in [3.05, 3.63) is 53.8 Å². The van der Waals surface area contributed by atoms with E-state index in [1.807, 2.05) is 0 Å². The Bertz CT molecular complexity index is 888. The molecule has 0 radical (unpaired) electrons. The van der Waals surface area contributed by atoms with Gasteiger partial charge in [-0.1, -0.05) is 12.1 Å².